The molecule has 16 heteroatoms. The van der Waals surface area contributed by atoms with Crippen LogP contribution in [0, 0.1) is 34.6 Å². The third-order valence-electron chi connectivity index (χ3n) is 34.4. The van der Waals surface area contributed by atoms with E-state index in [1.54, 1.807) is 0 Å². The first-order valence-electron chi connectivity index (χ1n) is 52.4. The van der Waals surface area contributed by atoms with Crippen LogP contribution in [-0.2, 0) is 56.9 Å². The number of aromatic nitrogens is 5. The van der Waals surface area contributed by atoms with Crippen molar-refractivity contribution in [2.45, 2.75) is 184 Å². The highest BCUT2D eigenvalue weighted by Gasteiger charge is 2.51. The number of para-hydroxylation sites is 1. The average Bonchev–Trinajstić information content (AvgIpc) is 1.55. The minimum atomic E-state index is -0.0575. The summed E-state index contributed by atoms with van der Waals surface area (Å²) in [5, 5.41) is 2.30. The third kappa shape index (κ3) is 15.8. The fourth-order valence-corrected chi connectivity index (χ4v) is 25.0. The second-order valence-corrected chi connectivity index (χ2v) is 44.3. The summed E-state index contributed by atoms with van der Waals surface area (Å²) >= 11 is 0. The van der Waals surface area contributed by atoms with Gasteiger partial charge in [-0.2, -0.15) is 0 Å². The Balaban J connectivity index is 0.000000108. The predicted octanol–water partition coefficient (Wildman–Crippen LogP) is 26.1. The van der Waals surface area contributed by atoms with Gasteiger partial charge in [0.2, 0.25) is 5.58 Å². The van der Waals surface area contributed by atoms with Crippen LogP contribution in [0.25, 0.3) is 117 Å². The molecule has 0 unspecified atom stereocenters. The van der Waals surface area contributed by atoms with Gasteiger partial charge in [0.15, 0.2) is 30.8 Å². The molecule has 0 amide bonds. The molecule has 0 spiro atoms. The fraction of sp³-hybridized carbons (Fsp3) is 0.290. The highest BCUT2D eigenvalue weighted by molar-refractivity contribution is 6.09. The van der Waals surface area contributed by atoms with Crippen molar-refractivity contribution in [3.05, 3.63) is 401 Å². The molecule has 744 valence electrons. The maximum atomic E-state index is 6.37. The molecule has 0 N–H and O–H groups in total. The van der Waals surface area contributed by atoms with Gasteiger partial charge in [-0.25, -0.2) is 47.3 Å². The quantitative estimate of drug-likeness (QED) is 0.123. The van der Waals surface area contributed by atoms with E-state index in [0.29, 0.717) is 6.17 Å². The number of rotatable bonds is 10. The zero-order chi connectivity index (χ0) is 104. The molecule has 0 saturated carbocycles. The summed E-state index contributed by atoms with van der Waals surface area (Å²) < 4.78 is 18.2. The standard InChI is InChI=1S/3C27H30N3.C26H30N3.C24H24N3O/c1-18-11-7-8-12-20(18)26-25-22(21-13-9-10-14-23(21)27(25,3)4)17-24(29(26)6)30-16-15-28(5)19(30)2;1-18-11-7-8-12-20(18)24-17-22-21-13-9-10-14-23(21)27(3,4)25(22)26(29(24)6)30-16-15-28(5)19(30)2;1-18-11-7-8-12-20(18)24-17-23-25(21-13-9-10-14-22(21)27(23,3)4)26(29(24)6)30-16-15-28(5)19(30)2;1-17-10-7-8-11-19(17)25-24-20-12-9-13-21(20)26(3,4)22(24)16-23(28(25)6)29-15-14-27(5)18(29)2;1-16-9-5-6-10-18(16)21-15-20-19-11-7-8-12-22(19)28-23(20)24(26(21)4)27-14-13-25(3)17(27)2/h3*7-17,19H,1-6H3;7-11,13-16,18H,12H2,1-6H3;5-15,17H,1-4H3/q5*+1/t3*19-;18-;17-/m00000/s1. The van der Waals surface area contributed by atoms with Crippen LogP contribution in [-0.4, -0.2) is 90.6 Å². The molecule has 11 heterocycles. The molecular weight excluding hydrogens is 1800 g/mol. The van der Waals surface area contributed by atoms with E-state index in [1.807, 2.05) is 12.1 Å². The van der Waals surface area contributed by atoms with Gasteiger partial charge >= 0.3 is 5.82 Å². The van der Waals surface area contributed by atoms with Crippen molar-refractivity contribution < 1.29 is 27.3 Å². The van der Waals surface area contributed by atoms with Crippen molar-refractivity contribution in [2.24, 2.45) is 35.2 Å². The number of aryl methyl sites for hydroxylation is 5. The molecule has 6 aromatic heterocycles. The van der Waals surface area contributed by atoms with Crippen molar-refractivity contribution in [3.8, 4) is 89.7 Å². The van der Waals surface area contributed by atoms with Crippen LogP contribution in [0.3, 0.4) is 0 Å². The van der Waals surface area contributed by atoms with Crippen LogP contribution in [0.5, 0.6) is 0 Å². The van der Waals surface area contributed by atoms with Crippen molar-refractivity contribution in [2.75, 3.05) is 59.7 Å². The van der Waals surface area contributed by atoms with Gasteiger partial charge < -0.3 is 28.9 Å². The van der Waals surface area contributed by atoms with Crippen molar-refractivity contribution in [1.82, 2.24) is 24.5 Å². The molecule has 0 fully saturated rings. The molecule has 10 aliphatic rings. The Hall–Kier alpha value is -15.3. The van der Waals surface area contributed by atoms with E-state index in [9.17, 15) is 0 Å². The molecule has 25 rings (SSSR count). The van der Waals surface area contributed by atoms with Gasteiger partial charge in [-0.3, -0.25) is 0 Å². The molecular formula is C131H144N15O+5. The Labute approximate surface area is 871 Å². The van der Waals surface area contributed by atoms with Crippen molar-refractivity contribution in [3.63, 3.8) is 0 Å². The van der Waals surface area contributed by atoms with E-state index < -0.39 is 0 Å². The van der Waals surface area contributed by atoms with Crippen LogP contribution in [0.1, 0.15) is 169 Å². The second kappa shape index (κ2) is 37.0. The van der Waals surface area contributed by atoms with E-state index in [1.165, 1.54) is 196 Å². The first-order chi connectivity index (χ1) is 70.3. The predicted molar refractivity (Wildman–Crippen MR) is 607 cm³/mol. The minimum absolute atomic E-state index is 0.0245. The number of hydrogen-bond donors (Lipinski definition) is 0. The van der Waals surface area contributed by atoms with Gasteiger partial charge in [0.1, 0.15) is 65.1 Å². The Bertz CT molecular complexity index is 8100. The van der Waals surface area contributed by atoms with Crippen molar-refractivity contribution >= 4 is 56.6 Å². The van der Waals surface area contributed by atoms with Crippen molar-refractivity contribution in [1.29, 1.82) is 0 Å². The number of furan rings is 1. The van der Waals surface area contributed by atoms with Gasteiger partial charge in [-0.15, -0.1) is 0 Å². The number of hydrogen-bond acceptors (Lipinski definition) is 11. The summed E-state index contributed by atoms with van der Waals surface area (Å²) in [5.74, 6) is 6.07. The summed E-state index contributed by atoms with van der Waals surface area (Å²) in [5.41, 5.74) is 43.5. The molecule has 0 radical (unpaired) electrons. The Kier molecular flexibility index (Phi) is 24.6. The highest BCUT2D eigenvalue weighted by Crippen LogP contribution is 2.59. The van der Waals surface area contributed by atoms with Gasteiger partial charge in [-0.1, -0.05) is 280 Å². The van der Waals surface area contributed by atoms with Crippen LogP contribution in [0.15, 0.2) is 333 Å². The van der Waals surface area contributed by atoms with Gasteiger partial charge in [-0.05, 0) is 195 Å². The summed E-state index contributed by atoms with van der Waals surface area (Å²) in [6.45, 7) is 41.2. The van der Waals surface area contributed by atoms with Gasteiger partial charge in [0.05, 0.1) is 46.4 Å². The lowest BCUT2D eigenvalue weighted by molar-refractivity contribution is -0.648. The summed E-state index contributed by atoms with van der Waals surface area (Å²) in [6, 6.07) is 90.4. The molecule has 5 aliphatic heterocycles. The molecule has 0 bridgehead atoms. The zero-order valence-electron chi connectivity index (χ0n) is 91.3. The first-order valence-corrected chi connectivity index (χ1v) is 52.4. The lowest BCUT2D eigenvalue weighted by Gasteiger charge is -2.28. The molecule has 0 saturated heterocycles. The Morgan fingerprint density at radius 3 is 1.10 bits per heavy atom. The van der Waals surface area contributed by atoms with Gasteiger partial charge in [0.25, 0.3) is 23.3 Å². The summed E-state index contributed by atoms with van der Waals surface area (Å²) in [6.07, 6.45) is 28.8. The number of benzene rings is 9. The fourth-order valence-electron chi connectivity index (χ4n) is 25.0. The molecule has 15 aromatic rings. The molecule has 147 heavy (non-hydrogen) atoms. The minimum Gasteiger partial charge on any atom is -0.447 e. The Morgan fingerprint density at radius 2 is 0.626 bits per heavy atom. The van der Waals surface area contributed by atoms with E-state index >= 15 is 0 Å². The van der Waals surface area contributed by atoms with E-state index in [-0.39, 0.29) is 46.3 Å². The Morgan fingerprint density at radius 1 is 0.279 bits per heavy atom. The molecule has 16 nitrogen and oxygen atoms in total. The second-order valence-electron chi connectivity index (χ2n) is 44.3. The largest absolute Gasteiger partial charge is 0.447 e. The van der Waals surface area contributed by atoms with Crippen LogP contribution < -0.4 is 47.3 Å². The normalized spacial score (nSPS) is 18.8. The molecule has 9 aromatic carbocycles. The van der Waals surface area contributed by atoms with E-state index in [4.69, 9.17) is 4.42 Å². The smallest absolute Gasteiger partial charge is 0.327 e. The lowest BCUT2D eigenvalue weighted by Crippen LogP contribution is -2.46. The lowest BCUT2D eigenvalue weighted by atomic mass is 9.80. The topological polar surface area (TPSA) is 64.9 Å². The number of anilines is 5. The van der Waals surface area contributed by atoms with Crippen LogP contribution >= 0.6 is 0 Å². The van der Waals surface area contributed by atoms with Crippen LogP contribution in [0.2, 0.25) is 0 Å². The number of allylic oxidation sites excluding steroid dienone is 4. The highest BCUT2D eigenvalue weighted by atomic mass is 16.3. The van der Waals surface area contributed by atoms with Crippen LogP contribution in [0.4, 0.5) is 29.1 Å². The first kappa shape index (κ1) is 97.8. The average molecular weight is 1940 g/mol. The van der Waals surface area contributed by atoms with E-state index in [0.717, 1.165) is 34.2 Å². The maximum absolute atomic E-state index is 6.37. The third-order valence-corrected chi connectivity index (χ3v) is 34.4. The monoisotopic (exact) mass is 1940 g/mol. The summed E-state index contributed by atoms with van der Waals surface area (Å²) in [4.78, 5) is 23.1. The maximum Gasteiger partial charge on any atom is 0.327 e. The summed E-state index contributed by atoms with van der Waals surface area (Å²) in [7, 11) is 21.7. The number of nitrogens with zero attached hydrogens (tertiary/aromatic N) is 15. The SMILES string of the molecule is Cc1ccccc1-c1c2c(cc(N3C=CN(C)[C@@H]3C)[n+]1C)-c1ccccc1C2(C)C.Cc1ccccc1-c1c2c(cc(N3C=CN(C)[C@@H]3C)[n+]1C)C(C)(C)C1=C2CC=C1.Cc1ccccc1-c1cc2c(c(N3C=CN(C)[C@@H]3C)[n+]1C)-c1ccccc1C2(C)C.Cc1ccccc1-c1cc2c(c(N3C=CN(C)[C@@H]3C)[n+]1C)C(C)(C)c1ccccc1-2.Cc1ccccc1-c1cc2c(oc3ccccc32)c(N2C=CN(C)[C@@H]2C)[n+]1C. The molecule has 5 aliphatic carbocycles. The molecule has 5 atom stereocenters. The number of pyridine rings is 5. The zero-order valence-corrected chi connectivity index (χ0v) is 91.3. The van der Waals surface area contributed by atoms with Gasteiger partial charge in [0, 0.05) is 150 Å². The number of fused-ring (bicyclic) bond motifs is 14. The van der Waals surface area contributed by atoms with E-state index in [2.05, 4.69) is 578 Å².